The molecule has 90 valence electrons. The molecule has 1 aromatic carbocycles. The number of ether oxygens (including phenoxy) is 1. The Morgan fingerprint density at radius 3 is 2.50 bits per heavy atom. The minimum Gasteiger partial charge on any atom is -0.496 e. The molecule has 0 spiro atoms. The van der Waals surface area contributed by atoms with Crippen molar-refractivity contribution >= 4 is 0 Å². The molecular formula is C13H22N2O. The summed E-state index contributed by atoms with van der Waals surface area (Å²) < 4.78 is 5.32. The van der Waals surface area contributed by atoms with E-state index in [4.69, 9.17) is 10.5 Å². The van der Waals surface area contributed by atoms with Gasteiger partial charge in [-0.25, -0.2) is 0 Å². The van der Waals surface area contributed by atoms with E-state index >= 15 is 0 Å². The standard InChI is InChI=1S/C13H22N2O/c1-13(2,14)10-15(3)9-11-7-5-6-8-12(11)16-4/h5-8H,9-10,14H2,1-4H3. The summed E-state index contributed by atoms with van der Waals surface area (Å²) in [6, 6.07) is 8.07. The van der Waals surface area contributed by atoms with Crippen LogP contribution in [0.15, 0.2) is 24.3 Å². The Hall–Kier alpha value is -1.06. The molecule has 1 rings (SSSR count). The third-order valence-electron chi connectivity index (χ3n) is 2.31. The number of hydrogen-bond donors (Lipinski definition) is 1. The summed E-state index contributed by atoms with van der Waals surface area (Å²) in [4.78, 5) is 2.21. The SMILES string of the molecule is COc1ccccc1CN(C)CC(C)(C)N. The predicted molar refractivity (Wildman–Crippen MR) is 67.6 cm³/mol. The fourth-order valence-electron chi connectivity index (χ4n) is 1.88. The van der Waals surface area contributed by atoms with Gasteiger partial charge in [0.05, 0.1) is 7.11 Å². The van der Waals surface area contributed by atoms with E-state index in [0.29, 0.717) is 0 Å². The second-order valence-electron chi connectivity index (χ2n) is 4.97. The first-order valence-electron chi connectivity index (χ1n) is 5.52. The molecule has 0 saturated heterocycles. The van der Waals surface area contributed by atoms with Gasteiger partial charge in [0.15, 0.2) is 0 Å². The van der Waals surface area contributed by atoms with Crippen LogP contribution in [0, 0.1) is 0 Å². The van der Waals surface area contributed by atoms with Crippen LogP contribution in [0.1, 0.15) is 19.4 Å². The Morgan fingerprint density at radius 1 is 1.31 bits per heavy atom. The van der Waals surface area contributed by atoms with Crippen LogP contribution in [-0.4, -0.2) is 31.1 Å². The molecule has 0 radical (unpaired) electrons. The molecular weight excluding hydrogens is 200 g/mol. The van der Waals surface area contributed by atoms with Crippen LogP contribution in [-0.2, 0) is 6.54 Å². The van der Waals surface area contributed by atoms with Gasteiger partial charge in [0.1, 0.15) is 5.75 Å². The predicted octanol–water partition coefficient (Wildman–Crippen LogP) is 1.86. The van der Waals surface area contributed by atoms with Gasteiger partial charge in [0, 0.05) is 24.2 Å². The van der Waals surface area contributed by atoms with Gasteiger partial charge < -0.3 is 15.4 Å². The van der Waals surface area contributed by atoms with Gasteiger partial charge in [-0.2, -0.15) is 0 Å². The van der Waals surface area contributed by atoms with Crippen molar-refractivity contribution in [2.45, 2.75) is 25.9 Å². The highest BCUT2D eigenvalue weighted by atomic mass is 16.5. The van der Waals surface area contributed by atoms with Crippen molar-refractivity contribution in [2.24, 2.45) is 5.73 Å². The summed E-state index contributed by atoms with van der Waals surface area (Å²) in [7, 11) is 3.77. The molecule has 16 heavy (non-hydrogen) atoms. The fraction of sp³-hybridized carbons (Fsp3) is 0.538. The second-order valence-corrected chi connectivity index (χ2v) is 4.97. The van der Waals surface area contributed by atoms with Gasteiger partial charge in [0.2, 0.25) is 0 Å². The zero-order valence-electron chi connectivity index (χ0n) is 10.7. The largest absolute Gasteiger partial charge is 0.496 e. The lowest BCUT2D eigenvalue weighted by Gasteiger charge is -2.26. The second kappa shape index (κ2) is 5.32. The molecule has 0 aliphatic rings. The van der Waals surface area contributed by atoms with Gasteiger partial charge in [0.25, 0.3) is 0 Å². The van der Waals surface area contributed by atoms with E-state index in [-0.39, 0.29) is 5.54 Å². The highest BCUT2D eigenvalue weighted by Gasteiger charge is 2.14. The van der Waals surface area contributed by atoms with E-state index in [1.807, 2.05) is 32.0 Å². The topological polar surface area (TPSA) is 38.5 Å². The molecule has 0 aliphatic carbocycles. The molecule has 0 aliphatic heterocycles. The summed E-state index contributed by atoms with van der Waals surface area (Å²) in [5.41, 5.74) is 7.01. The van der Waals surface area contributed by atoms with Crippen LogP contribution in [0.5, 0.6) is 5.75 Å². The first kappa shape index (κ1) is 13.0. The van der Waals surface area contributed by atoms with Crippen molar-refractivity contribution in [1.82, 2.24) is 4.90 Å². The van der Waals surface area contributed by atoms with Gasteiger partial charge in [-0.05, 0) is 27.0 Å². The van der Waals surface area contributed by atoms with Crippen LogP contribution in [0.3, 0.4) is 0 Å². The summed E-state index contributed by atoms with van der Waals surface area (Å²) in [5, 5.41) is 0. The van der Waals surface area contributed by atoms with Gasteiger partial charge in [-0.3, -0.25) is 0 Å². The molecule has 0 saturated carbocycles. The quantitative estimate of drug-likeness (QED) is 0.826. The Balaban J connectivity index is 2.65. The average molecular weight is 222 g/mol. The van der Waals surface area contributed by atoms with Gasteiger partial charge in [-0.15, -0.1) is 0 Å². The summed E-state index contributed by atoms with van der Waals surface area (Å²) >= 11 is 0. The Kier molecular flexibility index (Phi) is 4.33. The van der Waals surface area contributed by atoms with E-state index in [1.165, 1.54) is 5.56 Å². The van der Waals surface area contributed by atoms with Gasteiger partial charge >= 0.3 is 0 Å². The first-order valence-corrected chi connectivity index (χ1v) is 5.52. The van der Waals surface area contributed by atoms with Crippen LogP contribution in [0.2, 0.25) is 0 Å². The molecule has 0 aromatic heterocycles. The lowest BCUT2D eigenvalue weighted by molar-refractivity contribution is 0.259. The normalized spacial score (nSPS) is 11.9. The number of methoxy groups -OCH3 is 1. The van der Waals surface area contributed by atoms with Crippen LogP contribution < -0.4 is 10.5 Å². The molecule has 0 atom stereocenters. The van der Waals surface area contributed by atoms with Crippen LogP contribution in [0.4, 0.5) is 0 Å². The lowest BCUT2D eigenvalue weighted by Crippen LogP contribution is -2.43. The average Bonchev–Trinajstić information content (AvgIpc) is 2.15. The Morgan fingerprint density at radius 2 is 1.94 bits per heavy atom. The monoisotopic (exact) mass is 222 g/mol. The highest BCUT2D eigenvalue weighted by molar-refractivity contribution is 5.33. The Labute approximate surface area is 98.2 Å². The van der Waals surface area contributed by atoms with Crippen molar-refractivity contribution in [3.63, 3.8) is 0 Å². The van der Waals surface area contributed by atoms with E-state index in [9.17, 15) is 0 Å². The highest BCUT2D eigenvalue weighted by Crippen LogP contribution is 2.19. The Bertz CT molecular complexity index is 331. The van der Waals surface area contributed by atoms with Crippen LogP contribution >= 0.6 is 0 Å². The summed E-state index contributed by atoms with van der Waals surface area (Å²) in [5.74, 6) is 0.934. The zero-order chi connectivity index (χ0) is 12.2. The molecule has 1 aromatic rings. The molecule has 2 N–H and O–H groups in total. The van der Waals surface area contributed by atoms with Crippen molar-refractivity contribution in [1.29, 1.82) is 0 Å². The van der Waals surface area contributed by atoms with Crippen molar-refractivity contribution in [3.05, 3.63) is 29.8 Å². The zero-order valence-corrected chi connectivity index (χ0v) is 10.7. The molecule has 0 fully saturated rings. The molecule has 0 bridgehead atoms. The number of para-hydroxylation sites is 1. The maximum Gasteiger partial charge on any atom is 0.123 e. The van der Waals surface area contributed by atoms with E-state index in [0.717, 1.165) is 18.8 Å². The number of nitrogens with zero attached hydrogens (tertiary/aromatic N) is 1. The summed E-state index contributed by atoms with van der Waals surface area (Å²) in [6.07, 6.45) is 0. The number of benzene rings is 1. The van der Waals surface area contributed by atoms with E-state index in [2.05, 4.69) is 18.0 Å². The van der Waals surface area contributed by atoms with Crippen molar-refractivity contribution in [2.75, 3.05) is 20.7 Å². The van der Waals surface area contributed by atoms with Crippen LogP contribution in [0.25, 0.3) is 0 Å². The van der Waals surface area contributed by atoms with Crippen molar-refractivity contribution in [3.8, 4) is 5.75 Å². The third kappa shape index (κ3) is 4.21. The molecule has 0 heterocycles. The van der Waals surface area contributed by atoms with E-state index < -0.39 is 0 Å². The van der Waals surface area contributed by atoms with Gasteiger partial charge in [-0.1, -0.05) is 18.2 Å². The molecule has 3 heteroatoms. The lowest BCUT2D eigenvalue weighted by atomic mass is 10.1. The molecule has 3 nitrogen and oxygen atoms in total. The molecule has 0 amide bonds. The third-order valence-corrected chi connectivity index (χ3v) is 2.31. The number of likely N-dealkylation sites (N-methyl/N-ethyl adjacent to an activating group) is 1. The summed E-state index contributed by atoms with van der Waals surface area (Å²) in [6.45, 7) is 5.77. The number of hydrogen-bond acceptors (Lipinski definition) is 3. The minimum atomic E-state index is -0.170. The fourth-order valence-corrected chi connectivity index (χ4v) is 1.88. The number of rotatable bonds is 5. The van der Waals surface area contributed by atoms with E-state index in [1.54, 1.807) is 7.11 Å². The number of nitrogens with two attached hydrogens (primary N) is 1. The smallest absolute Gasteiger partial charge is 0.123 e. The minimum absolute atomic E-state index is 0.170. The molecule has 0 unspecified atom stereocenters. The van der Waals surface area contributed by atoms with Crippen molar-refractivity contribution < 1.29 is 4.74 Å². The maximum atomic E-state index is 5.99. The maximum absolute atomic E-state index is 5.99. The first-order chi connectivity index (χ1) is 7.42.